The molecule has 5 aliphatic heterocycles. The molecule has 5 heteroatoms. The lowest BCUT2D eigenvalue weighted by Crippen LogP contribution is -2.67. The number of esters is 1. The monoisotopic (exact) mass is 364 g/mol. The zero-order valence-electron chi connectivity index (χ0n) is 15.9. The topological polar surface area (TPSA) is 43.7 Å². The number of ether oxygens (including phenoxy) is 2. The van der Waals surface area contributed by atoms with Crippen LogP contribution in [0.1, 0.15) is 36.7 Å². The van der Waals surface area contributed by atoms with Crippen molar-refractivity contribution in [3.63, 3.8) is 0 Å². The molecule has 4 fully saturated rings. The minimum Gasteiger partial charge on any atom is -0.468 e. The molecule has 1 aromatic heterocycles. The third-order valence-corrected chi connectivity index (χ3v) is 7.70. The Hall–Kier alpha value is -2.11. The van der Waals surface area contributed by atoms with Crippen LogP contribution in [0.15, 0.2) is 35.9 Å². The lowest BCUT2D eigenvalue weighted by atomic mass is 9.56. The van der Waals surface area contributed by atoms with Crippen molar-refractivity contribution in [3.05, 3.63) is 47.2 Å². The van der Waals surface area contributed by atoms with Crippen molar-refractivity contribution >= 4 is 16.9 Å². The second kappa shape index (κ2) is 5.03. The molecule has 6 heterocycles. The third-order valence-electron chi connectivity index (χ3n) is 7.70. The molecule has 1 aromatic carbocycles. The summed E-state index contributed by atoms with van der Waals surface area (Å²) in [7, 11) is 3.69. The van der Waals surface area contributed by atoms with E-state index in [9.17, 15) is 4.79 Å². The van der Waals surface area contributed by atoms with Crippen molar-refractivity contribution in [3.8, 4) is 0 Å². The fraction of sp³-hybridized carbons (Fsp3) is 0.500. The summed E-state index contributed by atoms with van der Waals surface area (Å²) in [5.41, 5.74) is 4.70. The van der Waals surface area contributed by atoms with Crippen LogP contribution < -0.4 is 0 Å². The summed E-state index contributed by atoms with van der Waals surface area (Å²) < 4.78 is 14.2. The highest BCUT2D eigenvalue weighted by molar-refractivity contribution is 5.88. The number of methoxy groups -OCH3 is 1. The summed E-state index contributed by atoms with van der Waals surface area (Å²) >= 11 is 0. The maximum atomic E-state index is 13.1. The Labute approximate surface area is 158 Å². The van der Waals surface area contributed by atoms with E-state index >= 15 is 0 Å². The highest BCUT2D eigenvalue weighted by Crippen LogP contribution is 2.66. The number of fused-ring (bicyclic) bond motifs is 5. The molecule has 140 valence electrons. The van der Waals surface area contributed by atoms with Crippen LogP contribution in [-0.2, 0) is 21.3 Å². The smallest absolute Gasteiger partial charge is 0.316 e. The number of nitrogens with zero attached hydrogens (tertiary/aromatic N) is 2. The van der Waals surface area contributed by atoms with Gasteiger partial charge in [-0.1, -0.05) is 29.8 Å². The first-order valence-electron chi connectivity index (χ1n) is 9.81. The van der Waals surface area contributed by atoms with E-state index < -0.39 is 5.41 Å². The molecular weight excluding hydrogens is 340 g/mol. The summed E-state index contributed by atoms with van der Waals surface area (Å²) in [6.07, 6.45) is 3.09. The average molecular weight is 364 g/mol. The van der Waals surface area contributed by atoms with Crippen LogP contribution in [-0.4, -0.2) is 41.7 Å². The minimum absolute atomic E-state index is 0.0655. The normalized spacial score (nSPS) is 39.8. The first-order valence-corrected chi connectivity index (χ1v) is 9.81. The predicted octanol–water partition coefficient (Wildman–Crippen LogP) is 3.11. The predicted molar refractivity (Wildman–Crippen MR) is 101 cm³/mol. The number of carbonyl (C=O) groups is 1. The van der Waals surface area contributed by atoms with Crippen LogP contribution in [0.3, 0.4) is 0 Å². The molecule has 0 N–H and O–H groups in total. The van der Waals surface area contributed by atoms with Gasteiger partial charge in [0.1, 0.15) is 11.5 Å². The molecular formula is C22H24N2O3. The van der Waals surface area contributed by atoms with Gasteiger partial charge in [-0.15, -0.1) is 0 Å². The van der Waals surface area contributed by atoms with Gasteiger partial charge in [0, 0.05) is 41.7 Å². The summed E-state index contributed by atoms with van der Waals surface area (Å²) in [4.78, 5) is 15.7. The van der Waals surface area contributed by atoms with Gasteiger partial charge in [-0.25, -0.2) is 0 Å². The lowest BCUT2D eigenvalue weighted by Gasteiger charge is -2.60. The summed E-state index contributed by atoms with van der Waals surface area (Å²) in [5.74, 6) is 0.0947. The SMILES string of the molecule is C/C=C1/CN2[C@H]3[C@@H]4OCC3(C(=O)OC)C1C[C@H]2c1c4c2ccccc2n1C. The number of allylic oxidation sites excluding steroid dienone is 1. The van der Waals surface area contributed by atoms with E-state index in [-0.39, 0.29) is 24.0 Å². The van der Waals surface area contributed by atoms with Gasteiger partial charge in [-0.2, -0.15) is 0 Å². The van der Waals surface area contributed by atoms with Gasteiger partial charge < -0.3 is 14.0 Å². The maximum absolute atomic E-state index is 13.1. The Morgan fingerprint density at radius 2 is 2.19 bits per heavy atom. The number of carbonyl (C=O) groups excluding carboxylic acids is 1. The van der Waals surface area contributed by atoms with Crippen LogP contribution in [0.4, 0.5) is 0 Å². The first kappa shape index (κ1) is 15.9. The standard InChI is InChI=1S/C22H24N2O3/c1-4-12-10-24-16-9-14(12)22(21(25)26-3)11-27-19(20(22)24)17-13-7-5-6-8-15(13)23(2)18(16)17/h4-8,14,16,19-20H,9-11H2,1-3H3/b12-4-/t14?,16-,19+,20-,22?/m0/s1. The Morgan fingerprint density at radius 3 is 2.96 bits per heavy atom. The molecule has 0 aliphatic carbocycles. The zero-order valence-corrected chi connectivity index (χ0v) is 15.9. The van der Waals surface area contributed by atoms with Gasteiger partial charge in [-0.05, 0) is 19.4 Å². The van der Waals surface area contributed by atoms with E-state index in [2.05, 4.69) is 53.8 Å². The molecule has 6 atom stereocenters. The average Bonchev–Trinajstić information content (AvgIpc) is 3.27. The molecule has 27 heavy (non-hydrogen) atoms. The molecule has 0 spiro atoms. The van der Waals surface area contributed by atoms with Crippen molar-refractivity contribution in [1.29, 1.82) is 0 Å². The second-order valence-electron chi connectivity index (χ2n) is 8.42. The first-order chi connectivity index (χ1) is 13.1. The number of hydrogen-bond acceptors (Lipinski definition) is 4. The maximum Gasteiger partial charge on any atom is 0.316 e. The van der Waals surface area contributed by atoms with Crippen LogP contribution in [0.5, 0.6) is 0 Å². The number of aromatic nitrogens is 1. The molecule has 4 saturated heterocycles. The number of benzene rings is 1. The van der Waals surface area contributed by atoms with Gasteiger partial charge in [0.05, 0.1) is 25.8 Å². The van der Waals surface area contributed by atoms with Gasteiger partial charge in [0.2, 0.25) is 0 Å². The van der Waals surface area contributed by atoms with E-state index in [1.807, 2.05) is 0 Å². The second-order valence-corrected chi connectivity index (χ2v) is 8.42. The van der Waals surface area contributed by atoms with Crippen molar-refractivity contribution < 1.29 is 14.3 Å². The molecule has 0 radical (unpaired) electrons. The molecule has 0 saturated carbocycles. The van der Waals surface area contributed by atoms with Crippen LogP contribution in [0.25, 0.3) is 10.9 Å². The van der Waals surface area contributed by atoms with Crippen LogP contribution in [0, 0.1) is 11.3 Å². The zero-order chi connectivity index (χ0) is 18.5. The number of hydrogen-bond donors (Lipinski definition) is 0. The fourth-order valence-corrected chi connectivity index (χ4v) is 6.68. The molecule has 7 rings (SSSR count). The number of aryl methyl sites for hydroxylation is 1. The largest absolute Gasteiger partial charge is 0.468 e. The Kier molecular flexibility index (Phi) is 2.96. The lowest BCUT2D eigenvalue weighted by molar-refractivity contribution is -0.171. The quantitative estimate of drug-likeness (QED) is 0.576. The Bertz CT molecular complexity index is 1020. The minimum atomic E-state index is -0.579. The summed E-state index contributed by atoms with van der Waals surface area (Å²) in [5, 5.41) is 1.26. The number of rotatable bonds is 1. The molecule has 2 aromatic rings. The Morgan fingerprint density at radius 1 is 1.37 bits per heavy atom. The van der Waals surface area contributed by atoms with E-state index in [1.165, 1.54) is 34.8 Å². The third kappa shape index (κ3) is 1.59. The highest BCUT2D eigenvalue weighted by atomic mass is 16.5. The molecule has 5 aliphatic rings. The van der Waals surface area contributed by atoms with Crippen molar-refractivity contribution in [2.45, 2.75) is 31.5 Å². The molecule has 4 bridgehead atoms. The fourth-order valence-electron chi connectivity index (χ4n) is 6.68. The van der Waals surface area contributed by atoms with Crippen molar-refractivity contribution in [2.24, 2.45) is 18.4 Å². The van der Waals surface area contributed by atoms with Crippen LogP contribution in [0.2, 0.25) is 0 Å². The van der Waals surface area contributed by atoms with E-state index in [0.29, 0.717) is 12.6 Å². The summed E-state index contributed by atoms with van der Waals surface area (Å²) in [6, 6.07) is 8.98. The van der Waals surface area contributed by atoms with Crippen molar-refractivity contribution in [2.75, 3.05) is 20.3 Å². The number of para-hydroxylation sites is 1. The van der Waals surface area contributed by atoms with Gasteiger partial charge >= 0.3 is 5.97 Å². The van der Waals surface area contributed by atoms with Crippen LogP contribution >= 0.6 is 0 Å². The molecule has 5 nitrogen and oxygen atoms in total. The van der Waals surface area contributed by atoms with E-state index in [4.69, 9.17) is 9.47 Å². The number of piperidine rings is 3. The van der Waals surface area contributed by atoms with Crippen molar-refractivity contribution in [1.82, 2.24) is 9.47 Å². The van der Waals surface area contributed by atoms with E-state index in [0.717, 1.165) is 13.0 Å². The molecule has 3 unspecified atom stereocenters. The summed E-state index contributed by atoms with van der Waals surface area (Å²) in [6.45, 7) is 3.46. The Balaban J connectivity index is 1.66. The van der Waals surface area contributed by atoms with E-state index in [1.54, 1.807) is 0 Å². The van der Waals surface area contributed by atoms with Gasteiger partial charge in [0.25, 0.3) is 0 Å². The van der Waals surface area contributed by atoms with Gasteiger partial charge in [-0.3, -0.25) is 9.69 Å². The van der Waals surface area contributed by atoms with Gasteiger partial charge in [0.15, 0.2) is 0 Å². The molecule has 0 amide bonds. The highest BCUT2D eigenvalue weighted by Gasteiger charge is 2.71.